The van der Waals surface area contributed by atoms with Crippen molar-refractivity contribution in [1.82, 2.24) is 4.90 Å². The largest absolute Gasteiger partial charge is 0.480 e. The van der Waals surface area contributed by atoms with Crippen molar-refractivity contribution in [2.24, 2.45) is 5.41 Å². The van der Waals surface area contributed by atoms with Gasteiger partial charge in [-0.2, -0.15) is 0 Å². The van der Waals surface area contributed by atoms with Gasteiger partial charge in [-0.15, -0.1) is 0 Å². The van der Waals surface area contributed by atoms with Crippen molar-refractivity contribution in [2.45, 2.75) is 25.7 Å². The van der Waals surface area contributed by atoms with Gasteiger partial charge in [0, 0.05) is 13.6 Å². The van der Waals surface area contributed by atoms with Crippen molar-refractivity contribution < 1.29 is 14.7 Å². The van der Waals surface area contributed by atoms with Gasteiger partial charge in [0.1, 0.15) is 5.41 Å². The monoisotopic (exact) mass is 261 g/mol. The molecule has 1 saturated carbocycles. The Morgan fingerprint density at radius 2 is 1.89 bits per heavy atom. The van der Waals surface area contributed by atoms with Crippen molar-refractivity contribution in [2.75, 3.05) is 13.6 Å². The summed E-state index contributed by atoms with van der Waals surface area (Å²) in [7, 11) is 1.69. The smallest absolute Gasteiger partial charge is 0.319 e. The Kier molecular flexibility index (Phi) is 3.88. The first-order valence-electron chi connectivity index (χ1n) is 6.59. The predicted molar refractivity (Wildman–Crippen MR) is 71.7 cm³/mol. The minimum absolute atomic E-state index is 0.243. The van der Waals surface area contributed by atoms with E-state index in [1.165, 1.54) is 5.56 Å². The van der Waals surface area contributed by atoms with E-state index in [1.54, 1.807) is 11.9 Å². The first-order chi connectivity index (χ1) is 9.06. The fraction of sp³-hybridized carbons (Fsp3) is 0.467. The highest BCUT2D eigenvalue weighted by molar-refractivity contribution is 6.04. The van der Waals surface area contributed by atoms with E-state index < -0.39 is 11.4 Å². The summed E-state index contributed by atoms with van der Waals surface area (Å²) in [6, 6.07) is 10.1. The molecule has 1 N–H and O–H groups in total. The van der Waals surface area contributed by atoms with Crippen molar-refractivity contribution in [1.29, 1.82) is 0 Å². The molecule has 0 spiro atoms. The third-order valence-electron chi connectivity index (χ3n) is 3.72. The summed E-state index contributed by atoms with van der Waals surface area (Å²) in [6.07, 6.45) is 2.70. The molecule has 1 aromatic carbocycles. The van der Waals surface area contributed by atoms with Gasteiger partial charge in [0.25, 0.3) is 0 Å². The molecular formula is C15H19NO3. The van der Waals surface area contributed by atoms with Gasteiger partial charge < -0.3 is 10.0 Å². The number of aryl methyl sites for hydroxylation is 1. The second kappa shape index (κ2) is 5.43. The van der Waals surface area contributed by atoms with E-state index in [0.717, 1.165) is 12.8 Å². The van der Waals surface area contributed by atoms with Gasteiger partial charge in [-0.3, -0.25) is 9.59 Å². The van der Waals surface area contributed by atoms with Crippen LogP contribution in [0.25, 0.3) is 0 Å². The van der Waals surface area contributed by atoms with Crippen LogP contribution in [-0.2, 0) is 16.0 Å². The van der Waals surface area contributed by atoms with Crippen molar-refractivity contribution in [3.05, 3.63) is 35.9 Å². The quantitative estimate of drug-likeness (QED) is 0.796. The van der Waals surface area contributed by atoms with Gasteiger partial charge in [0.15, 0.2) is 0 Å². The molecular weight excluding hydrogens is 242 g/mol. The van der Waals surface area contributed by atoms with Gasteiger partial charge >= 0.3 is 5.97 Å². The first-order valence-corrected chi connectivity index (χ1v) is 6.59. The van der Waals surface area contributed by atoms with Gasteiger partial charge in [-0.05, 0) is 31.2 Å². The minimum Gasteiger partial charge on any atom is -0.480 e. The Morgan fingerprint density at radius 1 is 1.26 bits per heavy atom. The Morgan fingerprint density at radius 3 is 2.42 bits per heavy atom. The van der Waals surface area contributed by atoms with Gasteiger partial charge in [-0.1, -0.05) is 30.3 Å². The highest BCUT2D eigenvalue weighted by Crippen LogP contribution is 2.47. The number of hydrogen-bond acceptors (Lipinski definition) is 2. The number of carbonyl (C=O) groups is 2. The molecule has 1 aliphatic rings. The minimum atomic E-state index is -1.11. The third kappa shape index (κ3) is 2.95. The highest BCUT2D eigenvalue weighted by atomic mass is 16.4. The zero-order valence-electron chi connectivity index (χ0n) is 11.1. The van der Waals surface area contributed by atoms with Crippen molar-refractivity contribution in [3.8, 4) is 0 Å². The molecule has 0 radical (unpaired) electrons. The molecule has 1 amide bonds. The fourth-order valence-electron chi connectivity index (χ4n) is 2.28. The van der Waals surface area contributed by atoms with Crippen LogP contribution < -0.4 is 0 Å². The van der Waals surface area contributed by atoms with Crippen LogP contribution in [0.2, 0.25) is 0 Å². The van der Waals surface area contributed by atoms with Gasteiger partial charge in [0.05, 0.1) is 0 Å². The van der Waals surface area contributed by atoms with Crippen LogP contribution in [0.1, 0.15) is 24.8 Å². The Bertz CT molecular complexity index is 466. The predicted octanol–water partition coefficient (Wildman–Crippen LogP) is 1.94. The van der Waals surface area contributed by atoms with Crippen LogP contribution in [0, 0.1) is 5.41 Å². The van der Waals surface area contributed by atoms with Gasteiger partial charge in [0.2, 0.25) is 5.91 Å². The van der Waals surface area contributed by atoms with Crippen LogP contribution in [0.4, 0.5) is 0 Å². The molecule has 1 aliphatic carbocycles. The van der Waals surface area contributed by atoms with Crippen LogP contribution in [0.15, 0.2) is 30.3 Å². The van der Waals surface area contributed by atoms with E-state index in [9.17, 15) is 9.59 Å². The summed E-state index contributed by atoms with van der Waals surface area (Å²) in [5.74, 6) is -1.22. The summed E-state index contributed by atoms with van der Waals surface area (Å²) >= 11 is 0. The summed E-state index contributed by atoms with van der Waals surface area (Å²) in [5, 5.41) is 9.08. The molecule has 1 aromatic rings. The molecule has 0 heterocycles. The topological polar surface area (TPSA) is 57.6 Å². The molecule has 0 saturated heterocycles. The maximum Gasteiger partial charge on any atom is 0.319 e. The number of carboxylic acids is 1. The number of aliphatic carboxylic acids is 1. The molecule has 0 aromatic heterocycles. The number of rotatable bonds is 6. The zero-order valence-corrected chi connectivity index (χ0v) is 11.1. The maximum absolute atomic E-state index is 12.1. The summed E-state index contributed by atoms with van der Waals surface area (Å²) in [5.41, 5.74) is 0.129. The highest BCUT2D eigenvalue weighted by Gasteiger charge is 2.58. The second-order valence-electron chi connectivity index (χ2n) is 5.20. The lowest BCUT2D eigenvalue weighted by Crippen LogP contribution is -2.39. The molecule has 19 heavy (non-hydrogen) atoms. The number of carbonyl (C=O) groups excluding carboxylic acids is 1. The summed E-state index contributed by atoms with van der Waals surface area (Å²) < 4.78 is 0. The molecule has 4 heteroatoms. The van der Waals surface area contributed by atoms with E-state index in [-0.39, 0.29) is 5.91 Å². The molecule has 102 valence electrons. The summed E-state index contributed by atoms with van der Waals surface area (Å²) in [4.78, 5) is 24.7. The lowest BCUT2D eigenvalue weighted by molar-refractivity contribution is -0.152. The molecule has 2 rings (SSSR count). The van der Waals surface area contributed by atoms with Crippen molar-refractivity contribution >= 4 is 11.9 Å². The lowest BCUT2D eigenvalue weighted by Gasteiger charge is -2.21. The SMILES string of the molecule is CN(CCCc1ccccc1)C(=O)C1(C(=O)O)CC1. The summed E-state index contributed by atoms with van der Waals surface area (Å²) in [6.45, 7) is 0.600. The van der Waals surface area contributed by atoms with E-state index in [0.29, 0.717) is 19.4 Å². The van der Waals surface area contributed by atoms with E-state index in [1.807, 2.05) is 18.2 Å². The molecule has 1 fully saturated rings. The number of hydrogen-bond donors (Lipinski definition) is 1. The van der Waals surface area contributed by atoms with E-state index in [2.05, 4.69) is 12.1 Å². The van der Waals surface area contributed by atoms with Crippen LogP contribution >= 0.6 is 0 Å². The maximum atomic E-state index is 12.1. The Balaban J connectivity index is 1.80. The standard InChI is InChI=1S/C15H19NO3/c1-16(13(17)15(9-10-15)14(18)19)11-5-8-12-6-3-2-4-7-12/h2-4,6-7H,5,8-11H2,1H3,(H,18,19). The second-order valence-corrected chi connectivity index (χ2v) is 5.20. The number of amides is 1. The lowest BCUT2D eigenvalue weighted by atomic mass is 10.1. The zero-order chi connectivity index (χ0) is 13.9. The number of carboxylic acid groups (broad SMARTS) is 1. The van der Waals surface area contributed by atoms with E-state index in [4.69, 9.17) is 5.11 Å². The molecule has 0 unspecified atom stereocenters. The number of nitrogens with zero attached hydrogens (tertiary/aromatic N) is 1. The third-order valence-corrected chi connectivity index (χ3v) is 3.72. The van der Waals surface area contributed by atoms with Gasteiger partial charge in [-0.25, -0.2) is 0 Å². The molecule has 0 bridgehead atoms. The Labute approximate surface area is 113 Å². The van der Waals surface area contributed by atoms with Crippen LogP contribution in [-0.4, -0.2) is 35.5 Å². The molecule has 0 aliphatic heterocycles. The van der Waals surface area contributed by atoms with Crippen LogP contribution in [0.5, 0.6) is 0 Å². The molecule has 0 atom stereocenters. The first kappa shape index (κ1) is 13.6. The van der Waals surface area contributed by atoms with Crippen molar-refractivity contribution in [3.63, 3.8) is 0 Å². The average molecular weight is 261 g/mol. The fourth-order valence-corrected chi connectivity index (χ4v) is 2.28. The number of benzene rings is 1. The normalized spacial score (nSPS) is 15.8. The molecule has 4 nitrogen and oxygen atoms in total. The Hall–Kier alpha value is -1.84. The average Bonchev–Trinajstić information content (AvgIpc) is 3.20. The van der Waals surface area contributed by atoms with E-state index >= 15 is 0 Å². The van der Waals surface area contributed by atoms with Crippen LogP contribution in [0.3, 0.4) is 0 Å².